The summed E-state index contributed by atoms with van der Waals surface area (Å²) in [5.41, 5.74) is 1.54. The van der Waals surface area contributed by atoms with Crippen LogP contribution in [0.3, 0.4) is 0 Å². The van der Waals surface area contributed by atoms with E-state index in [-0.39, 0.29) is 12.5 Å². The average Bonchev–Trinajstić information content (AvgIpc) is 2.80. The molecule has 0 spiro atoms. The molecule has 0 aliphatic heterocycles. The van der Waals surface area contributed by atoms with Crippen LogP contribution >= 0.6 is 0 Å². The topological polar surface area (TPSA) is 106 Å². The molecule has 0 saturated carbocycles. The lowest BCUT2D eigenvalue weighted by atomic mass is 10.2. The smallest absolute Gasteiger partial charge is 0.349 e. The predicted molar refractivity (Wildman–Crippen MR) is 124 cm³/mol. The lowest BCUT2D eigenvalue weighted by Crippen LogP contribution is -2.32. The Labute approximate surface area is 182 Å². The number of carbonyl (C=O) groups excluding carboxylic acids is 1. The summed E-state index contributed by atoms with van der Waals surface area (Å²) in [6, 6.07) is 21.0. The van der Waals surface area contributed by atoms with Gasteiger partial charge in [0.25, 0.3) is 11.5 Å². The first-order valence-corrected chi connectivity index (χ1v) is 9.88. The van der Waals surface area contributed by atoms with Crippen molar-refractivity contribution in [1.82, 2.24) is 9.66 Å². The van der Waals surface area contributed by atoms with E-state index < -0.39 is 11.2 Å². The van der Waals surface area contributed by atoms with E-state index in [1.54, 1.807) is 48.5 Å². The van der Waals surface area contributed by atoms with Crippen LogP contribution in [0, 0.1) is 6.92 Å². The van der Waals surface area contributed by atoms with Gasteiger partial charge in [-0.1, -0.05) is 42.0 Å². The molecule has 1 amide bonds. The zero-order valence-electron chi connectivity index (χ0n) is 17.2. The number of nitrogens with zero attached hydrogens (tertiary/aromatic N) is 2. The molecule has 0 saturated heterocycles. The quantitative estimate of drug-likeness (QED) is 0.461. The Balaban J connectivity index is 1.51. The minimum Gasteiger partial charge on any atom is -0.483 e. The third-order valence-electron chi connectivity index (χ3n) is 4.71. The molecule has 160 valence electrons. The van der Waals surface area contributed by atoms with Crippen LogP contribution in [0.5, 0.6) is 5.75 Å². The maximum Gasteiger partial charge on any atom is 0.349 e. The van der Waals surface area contributed by atoms with E-state index in [1.165, 1.54) is 6.21 Å². The standard InChI is InChI=1S/C24H20N4O4/c1-16-10-12-18(13-11-16)26-22(29)15-32-21-9-5-2-6-17(21)14-25-28-23(30)19-7-3-4-8-20(19)27-24(28)31/h2-14H,15H2,1H3,(H,26,29)(H,27,31). The Morgan fingerprint density at radius 2 is 1.75 bits per heavy atom. The van der Waals surface area contributed by atoms with Crippen molar-refractivity contribution in [2.75, 3.05) is 11.9 Å². The average molecular weight is 428 g/mol. The number of amides is 1. The van der Waals surface area contributed by atoms with Crippen molar-refractivity contribution in [2.45, 2.75) is 6.92 Å². The Hall–Kier alpha value is -4.46. The van der Waals surface area contributed by atoms with Gasteiger partial charge >= 0.3 is 5.69 Å². The number of hydrogen-bond donors (Lipinski definition) is 2. The minimum atomic E-state index is -0.652. The molecular weight excluding hydrogens is 408 g/mol. The van der Waals surface area contributed by atoms with Crippen LogP contribution in [0.15, 0.2) is 87.5 Å². The minimum absolute atomic E-state index is 0.213. The summed E-state index contributed by atoms with van der Waals surface area (Å²) in [5, 5.41) is 7.15. The molecule has 0 bridgehead atoms. The number of para-hydroxylation sites is 2. The zero-order valence-corrected chi connectivity index (χ0v) is 17.2. The van der Waals surface area contributed by atoms with Crippen molar-refractivity contribution in [2.24, 2.45) is 5.10 Å². The third kappa shape index (κ3) is 4.65. The van der Waals surface area contributed by atoms with Gasteiger partial charge < -0.3 is 15.0 Å². The first kappa shape index (κ1) is 20.8. The van der Waals surface area contributed by atoms with E-state index in [4.69, 9.17) is 4.74 Å². The molecule has 1 heterocycles. The van der Waals surface area contributed by atoms with Crippen molar-refractivity contribution >= 4 is 28.7 Å². The highest BCUT2D eigenvalue weighted by Gasteiger charge is 2.08. The Bertz CT molecular complexity index is 1420. The largest absolute Gasteiger partial charge is 0.483 e. The van der Waals surface area contributed by atoms with Crippen molar-refractivity contribution in [3.8, 4) is 5.75 Å². The number of hydrogen-bond acceptors (Lipinski definition) is 5. The highest BCUT2D eigenvalue weighted by atomic mass is 16.5. The molecule has 0 atom stereocenters. The van der Waals surface area contributed by atoms with Gasteiger partial charge in [-0.15, -0.1) is 4.68 Å². The summed E-state index contributed by atoms with van der Waals surface area (Å²) in [6.07, 6.45) is 1.35. The predicted octanol–water partition coefficient (Wildman–Crippen LogP) is 2.90. The normalized spacial score (nSPS) is 11.0. The number of anilines is 1. The fourth-order valence-corrected chi connectivity index (χ4v) is 3.07. The first-order valence-electron chi connectivity index (χ1n) is 9.88. The molecular formula is C24H20N4O4. The van der Waals surface area contributed by atoms with Crippen LogP contribution < -0.4 is 21.3 Å². The summed E-state index contributed by atoms with van der Waals surface area (Å²) in [5.74, 6) is 0.0726. The van der Waals surface area contributed by atoms with Gasteiger partial charge in [-0.2, -0.15) is 5.10 Å². The number of benzene rings is 3. The van der Waals surface area contributed by atoms with E-state index in [2.05, 4.69) is 15.4 Å². The zero-order chi connectivity index (χ0) is 22.5. The van der Waals surface area contributed by atoms with Gasteiger partial charge in [0, 0.05) is 11.3 Å². The number of aromatic nitrogens is 2. The number of ether oxygens (including phenoxy) is 1. The molecule has 8 nitrogen and oxygen atoms in total. The number of aromatic amines is 1. The second-order valence-electron chi connectivity index (χ2n) is 7.08. The van der Waals surface area contributed by atoms with Crippen LogP contribution in [-0.4, -0.2) is 28.4 Å². The molecule has 0 radical (unpaired) electrons. The highest BCUT2D eigenvalue weighted by molar-refractivity contribution is 5.92. The van der Waals surface area contributed by atoms with Gasteiger partial charge in [0.05, 0.1) is 17.1 Å². The van der Waals surface area contributed by atoms with Crippen molar-refractivity contribution < 1.29 is 9.53 Å². The van der Waals surface area contributed by atoms with Gasteiger partial charge in [-0.05, 0) is 43.3 Å². The number of H-pyrrole nitrogens is 1. The van der Waals surface area contributed by atoms with Gasteiger partial charge in [0.2, 0.25) is 0 Å². The van der Waals surface area contributed by atoms with Gasteiger partial charge in [-0.3, -0.25) is 9.59 Å². The van der Waals surface area contributed by atoms with Crippen LogP contribution in [-0.2, 0) is 4.79 Å². The Kier molecular flexibility index (Phi) is 5.94. The summed E-state index contributed by atoms with van der Waals surface area (Å²) in [7, 11) is 0. The molecule has 1 aromatic heterocycles. The van der Waals surface area contributed by atoms with Crippen LogP contribution in [0.25, 0.3) is 10.9 Å². The number of rotatable bonds is 6. The molecule has 8 heteroatoms. The monoisotopic (exact) mass is 428 g/mol. The summed E-state index contributed by atoms with van der Waals surface area (Å²) >= 11 is 0. The molecule has 0 fully saturated rings. The van der Waals surface area contributed by atoms with E-state index in [0.29, 0.717) is 27.9 Å². The van der Waals surface area contributed by atoms with E-state index in [1.807, 2.05) is 31.2 Å². The fraction of sp³-hybridized carbons (Fsp3) is 0.0833. The van der Waals surface area contributed by atoms with Gasteiger partial charge in [0.1, 0.15) is 5.75 Å². The maximum absolute atomic E-state index is 12.6. The Morgan fingerprint density at radius 3 is 2.56 bits per heavy atom. The van der Waals surface area contributed by atoms with Crippen molar-refractivity contribution in [3.05, 3.63) is 105 Å². The van der Waals surface area contributed by atoms with Gasteiger partial charge in [-0.25, -0.2) is 4.79 Å². The number of nitrogens with one attached hydrogen (secondary N) is 2. The van der Waals surface area contributed by atoms with Crippen LogP contribution in [0.2, 0.25) is 0 Å². The van der Waals surface area contributed by atoms with Crippen LogP contribution in [0.1, 0.15) is 11.1 Å². The summed E-state index contributed by atoms with van der Waals surface area (Å²) in [6.45, 7) is 1.75. The second-order valence-corrected chi connectivity index (χ2v) is 7.08. The van der Waals surface area contributed by atoms with E-state index in [9.17, 15) is 14.4 Å². The third-order valence-corrected chi connectivity index (χ3v) is 4.71. The molecule has 2 N–H and O–H groups in total. The first-order chi connectivity index (χ1) is 15.5. The van der Waals surface area contributed by atoms with E-state index >= 15 is 0 Å². The summed E-state index contributed by atoms with van der Waals surface area (Å²) < 4.78 is 6.39. The van der Waals surface area contributed by atoms with Crippen molar-refractivity contribution in [3.63, 3.8) is 0 Å². The SMILES string of the molecule is Cc1ccc(NC(=O)COc2ccccc2C=Nn2c(=O)[nH]c3ccccc3c2=O)cc1. The Morgan fingerprint density at radius 1 is 1.03 bits per heavy atom. The molecule has 0 aliphatic rings. The molecule has 3 aromatic carbocycles. The molecule has 0 aliphatic carbocycles. The number of fused-ring (bicyclic) bond motifs is 1. The second kappa shape index (κ2) is 9.13. The lowest BCUT2D eigenvalue weighted by molar-refractivity contribution is -0.118. The van der Waals surface area contributed by atoms with Gasteiger partial charge in [0.15, 0.2) is 6.61 Å². The molecule has 0 unspecified atom stereocenters. The van der Waals surface area contributed by atoms with E-state index in [0.717, 1.165) is 10.2 Å². The lowest BCUT2D eigenvalue weighted by Gasteiger charge is -2.10. The number of carbonyl (C=O) groups is 1. The molecule has 4 rings (SSSR count). The number of aryl methyl sites for hydroxylation is 1. The fourth-order valence-electron chi connectivity index (χ4n) is 3.07. The molecule has 32 heavy (non-hydrogen) atoms. The summed E-state index contributed by atoms with van der Waals surface area (Å²) in [4.78, 5) is 39.7. The van der Waals surface area contributed by atoms with Crippen molar-refractivity contribution in [1.29, 1.82) is 0 Å². The van der Waals surface area contributed by atoms with Crippen LogP contribution in [0.4, 0.5) is 5.69 Å². The maximum atomic E-state index is 12.6. The highest BCUT2D eigenvalue weighted by Crippen LogP contribution is 2.16. The molecule has 4 aromatic rings.